The van der Waals surface area contributed by atoms with Crippen molar-refractivity contribution in [3.63, 3.8) is 0 Å². The van der Waals surface area contributed by atoms with E-state index >= 15 is 0 Å². The van der Waals surface area contributed by atoms with Crippen molar-refractivity contribution in [2.24, 2.45) is 0 Å². The number of hydrogen-bond donors (Lipinski definition) is 0. The van der Waals surface area contributed by atoms with Gasteiger partial charge in [0.1, 0.15) is 28.7 Å². The Hall–Kier alpha value is -2.55. The normalized spacial score (nSPS) is 14.7. The number of amides is 1. The number of nitrogens with zero attached hydrogens (tertiary/aromatic N) is 6. The average molecular weight is 433 g/mol. The molecule has 0 atom stereocenters. The van der Waals surface area contributed by atoms with Gasteiger partial charge in [0.25, 0.3) is 0 Å². The van der Waals surface area contributed by atoms with Crippen LogP contribution in [0.3, 0.4) is 0 Å². The number of piperazine rings is 1. The molecule has 0 aliphatic carbocycles. The van der Waals surface area contributed by atoms with E-state index in [1.165, 1.54) is 0 Å². The molecule has 1 aliphatic rings. The molecule has 2 heterocycles. The number of carbonyl (C=O) groups excluding carboxylic acids is 1. The van der Waals surface area contributed by atoms with Gasteiger partial charge in [0.05, 0.1) is 11.1 Å². The highest BCUT2D eigenvalue weighted by Gasteiger charge is 2.26. The summed E-state index contributed by atoms with van der Waals surface area (Å²) in [6.07, 6.45) is 0.253. The van der Waals surface area contributed by atoms with Crippen LogP contribution in [0.25, 0.3) is 0 Å². The Bertz CT molecular complexity index is 860. The molecule has 1 saturated heterocycles. The standard InChI is InChI=1S/C21H29ClN6O2/c1-6-15-16(13-23)18(22)25-19(17(15)14-24)26(5)7-8-27-9-11-28(12-10-27)20(29)30-21(2,3)4/h6-12H2,1-5H3. The summed E-state index contributed by atoms with van der Waals surface area (Å²) in [6, 6.07) is 4.24. The summed E-state index contributed by atoms with van der Waals surface area (Å²) >= 11 is 6.20. The van der Waals surface area contributed by atoms with E-state index in [-0.39, 0.29) is 16.8 Å². The van der Waals surface area contributed by atoms with Gasteiger partial charge in [0.2, 0.25) is 0 Å². The maximum Gasteiger partial charge on any atom is 0.410 e. The molecule has 0 spiro atoms. The molecule has 8 nitrogen and oxygen atoms in total. The summed E-state index contributed by atoms with van der Waals surface area (Å²) in [5, 5.41) is 19.1. The lowest BCUT2D eigenvalue weighted by Crippen LogP contribution is -2.51. The number of ether oxygens (including phenoxy) is 1. The molecular weight excluding hydrogens is 404 g/mol. The fraction of sp³-hybridized carbons (Fsp3) is 0.619. The molecular formula is C21H29ClN6O2. The maximum absolute atomic E-state index is 12.2. The van der Waals surface area contributed by atoms with Crippen molar-refractivity contribution in [3.05, 3.63) is 21.8 Å². The van der Waals surface area contributed by atoms with Crippen molar-refractivity contribution in [1.82, 2.24) is 14.8 Å². The Kier molecular flexibility index (Phi) is 7.89. The zero-order chi connectivity index (χ0) is 22.5. The third-order valence-electron chi connectivity index (χ3n) is 4.95. The average Bonchev–Trinajstić information content (AvgIpc) is 2.70. The number of rotatable bonds is 5. The fourth-order valence-corrected chi connectivity index (χ4v) is 3.56. The predicted octanol–water partition coefficient (Wildman–Crippen LogP) is 3.03. The van der Waals surface area contributed by atoms with E-state index in [0.717, 1.165) is 19.6 Å². The van der Waals surface area contributed by atoms with E-state index in [1.54, 1.807) is 4.90 Å². The summed E-state index contributed by atoms with van der Waals surface area (Å²) in [7, 11) is 1.86. The second kappa shape index (κ2) is 9.97. The van der Waals surface area contributed by atoms with Gasteiger partial charge in [-0.25, -0.2) is 9.78 Å². The third-order valence-corrected chi connectivity index (χ3v) is 5.23. The number of carbonyl (C=O) groups is 1. The Morgan fingerprint density at radius 2 is 1.80 bits per heavy atom. The lowest BCUT2D eigenvalue weighted by molar-refractivity contribution is 0.0147. The molecule has 1 fully saturated rings. The van der Waals surface area contributed by atoms with Gasteiger partial charge in [-0.2, -0.15) is 10.5 Å². The van der Waals surface area contributed by atoms with Crippen LogP contribution in [-0.2, 0) is 11.2 Å². The minimum Gasteiger partial charge on any atom is -0.444 e. The fourth-order valence-electron chi connectivity index (χ4n) is 3.33. The smallest absolute Gasteiger partial charge is 0.410 e. The van der Waals surface area contributed by atoms with Crippen molar-refractivity contribution in [2.45, 2.75) is 39.7 Å². The largest absolute Gasteiger partial charge is 0.444 e. The van der Waals surface area contributed by atoms with Crippen LogP contribution in [0.5, 0.6) is 0 Å². The Labute approximate surface area is 183 Å². The zero-order valence-electron chi connectivity index (χ0n) is 18.3. The Morgan fingerprint density at radius 1 is 1.20 bits per heavy atom. The van der Waals surface area contributed by atoms with Gasteiger partial charge in [-0.15, -0.1) is 0 Å². The Morgan fingerprint density at radius 3 is 2.30 bits per heavy atom. The van der Waals surface area contributed by atoms with Crippen LogP contribution in [0.15, 0.2) is 0 Å². The molecule has 9 heteroatoms. The van der Waals surface area contributed by atoms with Gasteiger partial charge >= 0.3 is 6.09 Å². The lowest BCUT2D eigenvalue weighted by atomic mass is 10.0. The second-order valence-corrected chi connectivity index (χ2v) is 8.62. The molecule has 0 unspecified atom stereocenters. The van der Waals surface area contributed by atoms with Crippen LogP contribution in [0.2, 0.25) is 5.15 Å². The first kappa shape index (κ1) is 23.7. The number of hydrogen-bond acceptors (Lipinski definition) is 7. The number of nitriles is 2. The highest BCUT2D eigenvalue weighted by molar-refractivity contribution is 6.30. The molecule has 1 amide bonds. The zero-order valence-corrected chi connectivity index (χ0v) is 19.1. The number of halogens is 1. The third kappa shape index (κ3) is 5.75. The summed E-state index contributed by atoms with van der Waals surface area (Å²) < 4.78 is 5.43. The quantitative estimate of drug-likeness (QED) is 0.659. The topological polar surface area (TPSA) is 96.5 Å². The van der Waals surface area contributed by atoms with Crippen molar-refractivity contribution in [1.29, 1.82) is 10.5 Å². The second-order valence-electron chi connectivity index (χ2n) is 8.26. The number of likely N-dealkylation sites (N-methyl/N-ethyl adjacent to an activating group) is 1. The number of aromatic nitrogens is 1. The Balaban J connectivity index is 1.99. The van der Waals surface area contributed by atoms with E-state index in [9.17, 15) is 15.3 Å². The van der Waals surface area contributed by atoms with E-state index < -0.39 is 5.60 Å². The molecule has 1 aromatic heterocycles. The maximum atomic E-state index is 12.2. The highest BCUT2D eigenvalue weighted by Crippen LogP contribution is 2.28. The predicted molar refractivity (Wildman–Crippen MR) is 116 cm³/mol. The summed E-state index contributed by atoms with van der Waals surface area (Å²) in [5.41, 5.74) is 0.803. The lowest BCUT2D eigenvalue weighted by Gasteiger charge is -2.36. The van der Waals surface area contributed by atoms with Crippen molar-refractivity contribution < 1.29 is 9.53 Å². The molecule has 2 rings (SSSR count). The van der Waals surface area contributed by atoms with E-state index in [2.05, 4.69) is 22.0 Å². The van der Waals surface area contributed by atoms with E-state index in [0.29, 0.717) is 43.0 Å². The number of pyridine rings is 1. The first-order chi connectivity index (χ1) is 14.1. The van der Waals surface area contributed by atoms with Crippen LogP contribution < -0.4 is 4.90 Å². The molecule has 0 saturated carbocycles. The van der Waals surface area contributed by atoms with Crippen molar-refractivity contribution in [3.8, 4) is 12.1 Å². The van der Waals surface area contributed by atoms with Gasteiger partial charge in [-0.1, -0.05) is 18.5 Å². The summed E-state index contributed by atoms with van der Waals surface area (Å²) in [4.78, 5) is 22.4. The molecule has 1 aromatic rings. The van der Waals surface area contributed by atoms with Crippen molar-refractivity contribution in [2.75, 3.05) is 51.2 Å². The minimum absolute atomic E-state index is 0.126. The number of anilines is 1. The summed E-state index contributed by atoms with van der Waals surface area (Å²) in [6.45, 7) is 11.6. The van der Waals surface area contributed by atoms with E-state index in [4.69, 9.17) is 16.3 Å². The minimum atomic E-state index is -0.498. The molecule has 0 N–H and O–H groups in total. The molecule has 0 radical (unpaired) electrons. The van der Waals surface area contributed by atoms with Crippen LogP contribution in [-0.4, -0.2) is 72.8 Å². The molecule has 162 valence electrons. The molecule has 0 bridgehead atoms. The first-order valence-electron chi connectivity index (χ1n) is 10.0. The van der Waals surface area contributed by atoms with Crippen LogP contribution in [0.4, 0.5) is 10.6 Å². The van der Waals surface area contributed by atoms with Gasteiger partial charge in [0.15, 0.2) is 0 Å². The molecule has 0 aromatic carbocycles. The summed E-state index contributed by atoms with van der Waals surface area (Å²) in [5.74, 6) is 0.491. The van der Waals surface area contributed by atoms with Gasteiger partial charge in [-0.3, -0.25) is 4.90 Å². The van der Waals surface area contributed by atoms with Crippen LogP contribution in [0.1, 0.15) is 44.4 Å². The SMILES string of the molecule is CCc1c(C#N)c(Cl)nc(N(C)CCN2CCN(C(=O)OC(C)(C)C)CC2)c1C#N. The monoisotopic (exact) mass is 432 g/mol. The van der Waals surface area contributed by atoms with Crippen molar-refractivity contribution >= 4 is 23.5 Å². The van der Waals surface area contributed by atoms with Gasteiger partial charge < -0.3 is 14.5 Å². The first-order valence-corrected chi connectivity index (χ1v) is 10.4. The molecule has 1 aliphatic heterocycles. The van der Waals surface area contributed by atoms with Crippen LogP contribution >= 0.6 is 11.6 Å². The highest BCUT2D eigenvalue weighted by atomic mass is 35.5. The van der Waals surface area contributed by atoms with Gasteiger partial charge in [0, 0.05) is 46.3 Å². The van der Waals surface area contributed by atoms with Crippen LogP contribution in [0, 0.1) is 22.7 Å². The molecule has 30 heavy (non-hydrogen) atoms. The van der Waals surface area contributed by atoms with E-state index in [1.807, 2.05) is 39.6 Å². The van der Waals surface area contributed by atoms with Gasteiger partial charge in [-0.05, 0) is 32.8 Å².